The summed E-state index contributed by atoms with van der Waals surface area (Å²) in [7, 11) is 2.00. The molecule has 4 aromatic rings. The van der Waals surface area contributed by atoms with Crippen molar-refractivity contribution < 1.29 is 14.3 Å². The van der Waals surface area contributed by atoms with Gasteiger partial charge < -0.3 is 35.1 Å². The molecule has 0 atom stereocenters. The van der Waals surface area contributed by atoms with Crippen LogP contribution in [0.15, 0.2) is 60.8 Å². The molecule has 42 heavy (non-hydrogen) atoms. The number of nitrogens with zero attached hydrogens (tertiary/aromatic N) is 5. The molecule has 0 radical (unpaired) electrons. The summed E-state index contributed by atoms with van der Waals surface area (Å²) in [5, 5.41) is 8.64. The number of rotatable bonds is 8. The Balaban J connectivity index is 1.06. The summed E-state index contributed by atoms with van der Waals surface area (Å²) >= 11 is 0. The van der Waals surface area contributed by atoms with Crippen molar-refractivity contribution in [1.82, 2.24) is 24.8 Å². The second-order valence-corrected chi connectivity index (χ2v) is 10.7. The molecule has 0 aliphatic carbocycles. The van der Waals surface area contributed by atoms with Crippen LogP contribution >= 0.6 is 0 Å². The van der Waals surface area contributed by atoms with E-state index >= 15 is 0 Å². The maximum Gasteiger partial charge on any atom is 0.323 e. The van der Waals surface area contributed by atoms with Crippen molar-refractivity contribution in [1.29, 1.82) is 0 Å². The van der Waals surface area contributed by atoms with Crippen LogP contribution in [0.3, 0.4) is 0 Å². The number of carbonyl (C=O) groups excluding carboxylic acids is 2. The Kier molecular flexibility index (Phi) is 8.29. The van der Waals surface area contributed by atoms with Crippen LogP contribution in [0.1, 0.15) is 23.2 Å². The first-order chi connectivity index (χ1) is 20.5. The lowest BCUT2D eigenvalue weighted by atomic mass is 10.2. The van der Waals surface area contributed by atoms with Crippen molar-refractivity contribution in [3.63, 3.8) is 0 Å². The van der Waals surface area contributed by atoms with Crippen molar-refractivity contribution in [2.75, 3.05) is 68.0 Å². The Morgan fingerprint density at radius 1 is 0.857 bits per heavy atom. The second-order valence-electron chi connectivity index (χ2n) is 10.7. The normalized spacial score (nSPS) is 15.6. The van der Waals surface area contributed by atoms with Crippen LogP contribution in [-0.4, -0.2) is 83.9 Å². The highest BCUT2D eigenvalue weighted by Gasteiger charge is 2.20. The summed E-state index contributed by atoms with van der Waals surface area (Å²) in [6, 6.07) is 16.0. The van der Waals surface area contributed by atoms with Crippen LogP contribution < -0.4 is 20.9 Å². The lowest BCUT2D eigenvalue weighted by Gasteiger charge is -2.28. The Morgan fingerprint density at radius 2 is 1.52 bits per heavy atom. The van der Waals surface area contributed by atoms with Crippen molar-refractivity contribution in [3.05, 3.63) is 66.4 Å². The Hall–Kier alpha value is -4.48. The first-order valence-corrected chi connectivity index (χ1v) is 14.5. The predicted octanol–water partition coefficient (Wildman–Crippen LogP) is 3.94. The van der Waals surface area contributed by atoms with Crippen molar-refractivity contribution in [3.8, 4) is 11.4 Å². The number of morpholine rings is 1. The SMILES string of the molecule is Cn1ccc2nc(-c3ccc(NC(=O)Nc4ccc(C(=O)NCCN5CCCC5)cc4)cc3)nc(N3CCOCC3)c21. The number of fused-ring (bicyclic) bond motifs is 1. The summed E-state index contributed by atoms with van der Waals surface area (Å²) in [6.45, 7) is 6.62. The number of benzene rings is 2. The van der Waals surface area contributed by atoms with Crippen LogP contribution in [0, 0.1) is 0 Å². The summed E-state index contributed by atoms with van der Waals surface area (Å²) in [5.41, 5.74) is 4.54. The average molecular weight is 569 g/mol. The number of nitrogens with one attached hydrogen (secondary N) is 3. The summed E-state index contributed by atoms with van der Waals surface area (Å²) < 4.78 is 7.59. The molecule has 3 amide bonds. The smallest absolute Gasteiger partial charge is 0.323 e. The third-order valence-electron chi connectivity index (χ3n) is 7.73. The lowest BCUT2D eigenvalue weighted by molar-refractivity contribution is 0.0949. The van der Waals surface area contributed by atoms with Crippen LogP contribution in [0.25, 0.3) is 22.4 Å². The van der Waals surface area contributed by atoms with E-state index in [0.717, 1.165) is 55.1 Å². The van der Waals surface area contributed by atoms with Gasteiger partial charge in [0.15, 0.2) is 11.6 Å². The van der Waals surface area contributed by atoms with Crippen molar-refractivity contribution in [2.24, 2.45) is 7.05 Å². The van der Waals surface area contributed by atoms with E-state index in [2.05, 4.69) is 25.8 Å². The Bertz CT molecular complexity index is 1540. The number of carbonyl (C=O) groups is 2. The molecule has 6 rings (SSSR count). The molecule has 2 fully saturated rings. The van der Waals surface area contributed by atoms with Gasteiger partial charge in [0.2, 0.25) is 0 Å². The quantitative estimate of drug-likeness (QED) is 0.295. The highest BCUT2D eigenvalue weighted by molar-refractivity contribution is 6.00. The number of ether oxygens (including phenoxy) is 1. The molecule has 2 aliphatic heterocycles. The van der Waals surface area contributed by atoms with Gasteiger partial charge in [-0.1, -0.05) is 0 Å². The minimum atomic E-state index is -0.373. The first-order valence-electron chi connectivity index (χ1n) is 14.5. The van der Waals surface area contributed by atoms with E-state index in [1.807, 2.05) is 48.1 Å². The van der Waals surface area contributed by atoms with E-state index in [-0.39, 0.29) is 11.9 Å². The molecule has 11 nitrogen and oxygen atoms in total. The van der Waals surface area contributed by atoms with Gasteiger partial charge in [-0.3, -0.25) is 4.79 Å². The number of amides is 3. The summed E-state index contributed by atoms with van der Waals surface area (Å²) in [6.07, 6.45) is 4.47. The lowest BCUT2D eigenvalue weighted by Crippen LogP contribution is -2.37. The molecular weight excluding hydrogens is 532 g/mol. The molecule has 0 spiro atoms. The number of hydrogen-bond donors (Lipinski definition) is 3. The fourth-order valence-electron chi connectivity index (χ4n) is 5.43. The molecule has 2 aromatic heterocycles. The molecule has 2 aromatic carbocycles. The van der Waals surface area contributed by atoms with Gasteiger partial charge in [-0.2, -0.15) is 0 Å². The highest BCUT2D eigenvalue weighted by atomic mass is 16.5. The van der Waals surface area contributed by atoms with Gasteiger partial charge in [0, 0.05) is 61.9 Å². The topological polar surface area (TPSA) is 117 Å². The predicted molar refractivity (Wildman–Crippen MR) is 164 cm³/mol. The number of anilines is 3. The number of urea groups is 1. The zero-order valence-electron chi connectivity index (χ0n) is 23.8. The van der Waals surface area contributed by atoms with Gasteiger partial charge in [-0.05, 0) is 80.5 Å². The maximum atomic E-state index is 12.6. The fourth-order valence-corrected chi connectivity index (χ4v) is 5.43. The zero-order chi connectivity index (χ0) is 28.9. The van der Waals surface area contributed by atoms with Crippen molar-refractivity contribution >= 4 is 40.2 Å². The summed E-state index contributed by atoms with van der Waals surface area (Å²) in [4.78, 5) is 39.4. The van der Waals surface area contributed by atoms with Crippen LogP contribution in [0.5, 0.6) is 0 Å². The van der Waals surface area contributed by atoms with E-state index < -0.39 is 0 Å². The molecule has 2 saturated heterocycles. The molecule has 4 heterocycles. The molecule has 11 heteroatoms. The number of aryl methyl sites for hydroxylation is 1. The van der Waals surface area contributed by atoms with E-state index in [4.69, 9.17) is 14.7 Å². The van der Waals surface area contributed by atoms with E-state index in [9.17, 15) is 9.59 Å². The molecule has 2 aliphatic rings. The van der Waals surface area contributed by atoms with E-state index in [1.54, 1.807) is 24.3 Å². The fraction of sp³-hybridized carbons (Fsp3) is 0.355. The van der Waals surface area contributed by atoms with E-state index in [1.165, 1.54) is 12.8 Å². The number of aromatic nitrogens is 3. The second kappa shape index (κ2) is 12.6. The van der Waals surface area contributed by atoms with Crippen LogP contribution in [0.2, 0.25) is 0 Å². The number of hydrogen-bond acceptors (Lipinski definition) is 7. The van der Waals surface area contributed by atoms with Gasteiger partial charge in [0.1, 0.15) is 5.52 Å². The van der Waals surface area contributed by atoms with Crippen LogP contribution in [-0.2, 0) is 11.8 Å². The highest BCUT2D eigenvalue weighted by Crippen LogP contribution is 2.29. The zero-order valence-corrected chi connectivity index (χ0v) is 23.8. The standard InChI is InChI=1S/C31H36N8O3/c1-37-16-12-26-27(37)29(39-18-20-42-21-19-39)36-28(35-26)22-4-8-24(9-5-22)33-31(41)34-25-10-6-23(7-11-25)30(40)32-13-17-38-14-2-3-15-38/h4-12,16H,2-3,13-15,17-21H2,1H3,(H,32,40)(H2,33,34,41). The van der Waals surface area contributed by atoms with Gasteiger partial charge >= 0.3 is 6.03 Å². The minimum absolute atomic E-state index is 0.113. The molecule has 3 N–H and O–H groups in total. The Labute approximate surface area is 244 Å². The third kappa shape index (κ3) is 6.37. The minimum Gasteiger partial charge on any atom is -0.378 e. The number of likely N-dealkylation sites (tertiary alicyclic amines) is 1. The van der Waals surface area contributed by atoms with Crippen molar-refractivity contribution in [2.45, 2.75) is 12.8 Å². The molecule has 218 valence electrons. The van der Waals surface area contributed by atoms with Gasteiger partial charge in [-0.15, -0.1) is 0 Å². The average Bonchev–Trinajstić information content (AvgIpc) is 3.67. The molecule has 0 saturated carbocycles. The monoisotopic (exact) mass is 568 g/mol. The Morgan fingerprint density at radius 3 is 2.21 bits per heavy atom. The largest absolute Gasteiger partial charge is 0.378 e. The van der Waals surface area contributed by atoms with Gasteiger partial charge in [0.05, 0.1) is 18.7 Å². The molecular formula is C31H36N8O3. The van der Waals surface area contributed by atoms with E-state index in [0.29, 0.717) is 42.5 Å². The van der Waals surface area contributed by atoms with Gasteiger partial charge in [0.25, 0.3) is 5.91 Å². The third-order valence-corrected chi connectivity index (χ3v) is 7.73. The maximum absolute atomic E-state index is 12.6. The summed E-state index contributed by atoms with van der Waals surface area (Å²) in [5.74, 6) is 1.42. The molecule has 0 unspecified atom stereocenters. The van der Waals surface area contributed by atoms with Crippen LogP contribution in [0.4, 0.5) is 22.0 Å². The molecule has 0 bridgehead atoms. The first kappa shape index (κ1) is 27.7. The van der Waals surface area contributed by atoms with Gasteiger partial charge in [-0.25, -0.2) is 14.8 Å².